The number of halogens is 1. The molecule has 0 unspecified atom stereocenters. The van der Waals surface area contributed by atoms with Gasteiger partial charge in [0.15, 0.2) is 0 Å². The quantitative estimate of drug-likeness (QED) is 0.775. The van der Waals surface area contributed by atoms with Crippen LogP contribution in [0.25, 0.3) is 0 Å². The summed E-state index contributed by atoms with van der Waals surface area (Å²) in [5.74, 6) is 1.39. The van der Waals surface area contributed by atoms with Gasteiger partial charge in [-0.2, -0.15) is 0 Å². The molecule has 26 heavy (non-hydrogen) atoms. The molecule has 2 saturated heterocycles. The largest absolute Gasteiger partial charge is 0.376 e. The zero-order valence-electron chi connectivity index (χ0n) is 14.4. The fourth-order valence-corrected chi connectivity index (χ4v) is 4.71. The van der Waals surface area contributed by atoms with Crippen LogP contribution in [0.2, 0.25) is 0 Å². The Morgan fingerprint density at radius 3 is 2.65 bits per heavy atom. The molecule has 2 aromatic rings. The Hall–Kier alpha value is -1.79. The summed E-state index contributed by atoms with van der Waals surface area (Å²) in [5, 5.41) is 0. The standard InChI is InChI=1S/C20H20BrN3O2/c21-17-2-1-14-5-13(6-15(14)8-17)7-18-22-9-16(10-23-18)19(25)24-4-3-20(24)11-26-12-20/h1-2,8-10,13H,3-7,11-12H2/t13-/m1/s1. The van der Waals surface area contributed by atoms with Gasteiger partial charge in [-0.25, -0.2) is 9.97 Å². The third kappa shape index (κ3) is 2.67. The van der Waals surface area contributed by atoms with E-state index in [9.17, 15) is 4.79 Å². The Balaban J connectivity index is 1.24. The third-order valence-electron chi connectivity index (χ3n) is 5.97. The van der Waals surface area contributed by atoms with Gasteiger partial charge in [-0.3, -0.25) is 4.79 Å². The van der Waals surface area contributed by atoms with E-state index in [2.05, 4.69) is 44.1 Å². The maximum absolute atomic E-state index is 12.7. The lowest BCUT2D eigenvalue weighted by molar-refractivity contribution is -0.172. The highest BCUT2D eigenvalue weighted by Crippen LogP contribution is 2.38. The third-order valence-corrected chi connectivity index (χ3v) is 6.46. The summed E-state index contributed by atoms with van der Waals surface area (Å²) in [4.78, 5) is 23.5. The van der Waals surface area contributed by atoms with Crippen molar-refractivity contribution in [2.75, 3.05) is 19.8 Å². The molecular formula is C20H20BrN3O2. The molecule has 2 fully saturated rings. The fourth-order valence-electron chi connectivity index (χ4n) is 4.30. The highest BCUT2D eigenvalue weighted by molar-refractivity contribution is 9.10. The first kappa shape index (κ1) is 16.4. The summed E-state index contributed by atoms with van der Waals surface area (Å²) in [6.07, 6.45) is 7.40. The predicted molar refractivity (Wildman–Crippen MR) is 100.0 cm³/mol. The van der Waals surface area contributed by atoms with Crippen LogP contribution >= 0.6 is 15.9 Å². The second kappa shape index (κ2) is 6.13. The minimum Gasteiger partial charge on any atom is -0.376 e. The molecule has 5 nitrogen and oxygen atoms in total. The Morgan fingerprint density at radius 1 is 1.23 bits per heavy atom. The van der Waals surface area contributed by atoms with Gasteiger partial charge in [0.2, 0.25) is 0 Å². The molecule has 1 spiro atoms. The molecule has 0 saturated carbocycles. The Kier molecular flexibility index (Phi) is 3.87. The van der Waals surface area contributed by atoms with Crippen molar-refractivity contribution in [3.63, 3.8) is 0 Å². The van der Waals surface area contributed by atoms with E-state index >= 15 is 0 Å². The normalized spacial score (nSPS) is 22.7. The van der Waals surface area contributed by atoms with E-state index < -0.39 is 0 Å². The number of likely N-dealkylation sites (tertiary alicyclic amines) is 1. The molecule has 1 aromatic carbocycles. The smallest absolute Gasteiger partial charge is 0.257 e. The van der Waals surface area contributed by atoms with Gasteiger partial charge in [-0.15, -0.1) is 0 Å². The lowest BCUT2D eigenvalue weighted by Gasteiger charge is -2.57. The lowest BCUT2D eigenvalue weighted by Crippen LogP contribution is -2.72. The second-order valence-electron chi connectivity index (χ2n) is 7.70. The average Bonchev–Trinajstić information content (AvgIpc) is 2.94. The number of nitrogens with zero attached hydrogens (tertiary/aromatic N) is 3. The zero-order valence-corrected chi connectivity index (χ0v) is 16.0. The Bertz CT molecular complexity index is 858. The molecular weight excluding hydrogens is 394 g/mol. The van der Waals surface area contributed by atoms with Crippen molar-refractivity contribution in [3.05, 3.63) is 57.6 Å². The van der Waals surface area contributed by atoms with Gasteiger partial charge in [0.25, 0.3) is 5.91 Å². The van der Waals surface area contributed by atoms with Gasteiger partial charge in [-0.05, 0) is 48.4 Å². The van der Waals surface area contributed by atoms with E-state index in [1.807, 2.05) is 4.90 Å². The maximum atomic E-state index is 12.7. The number of ether oxygens (including phenoxy) is 1. The van der Waals surface area contributed by atoms with Crippen LogP contribution in [0.4, 0.5) is 0 Å². The van der Waals surface area contributed by atoms with E-state index in [4.69, 9.17) is 4.74 Å². The van der Waals surface area contributed by atoms with Crippen LogP contribution in [0.15, 0.2) is 35.1 Å². The first-order chi connectivity index (χ1) is 12.6. The van der Waals surface area contributed by atoms with Gasteiger partial charge in [-0.1, -0.05) is 22.0 Å². The number of benzene rings is 1. The number of amides is 1. The van der Waals surface area contributed by atoms with Crippen LogP contribution in [0, 0.1) is 5.92 Å². The summed E-state index contributed by atoms with van der Waals surface area (Å²) >= 11 is 3.54. The zero-order chi connectivity index (χ0) is 17.7. The summed E-state index contributed by atoms with van der Waals surface area (Å²) < 4.78 is 6.43. The second-order valence-corrected chi connectivity index (χ2v) is 8.62. The molecule has 3 aliphatic rings. The number of aromatic nitrogens is 2. The van der Waals surface area contributed by atoms with E-state index in [0.717, 1.165) is 42.5 Å². The predicted octanol–water partition coefficient (Wildman–Crippen LogP) is 2.81. The van der Waals surface area contributed by atoms with Crippen LogP contribution in [0.1, 0.15) is 33.7 Å². The van der Waals surface area contributed by atoms with E-state index in [0.29, 0.717) is 24.7 Å². The van der Waals surface area contributed by atoms with Crippen LogP contribution in [0.3, 0.4) is 0 Å². The van der Waals surface area contributed by atoms with Crippen LogP contribution in [-0.4, -0.2) is 46.1 Å². The topological polar surface area (TPSA) is 55.3 Å². The molecule has 0 N–H and O–H groups in total. The van der Waals surface area contributed by atoms with Crippen molar-refractivity contribution >= 4 is 21.8 Å². The maximum Gasteiger partial charge on any atom is 0.257 e. The van der Waals surface area contributed by atoms with Crippen molar-refractivity contribution in [3.8, 4) is 0 Å². The molecule has 1 atom stereocenters. The van der Waals surface area contributed by atoms with Crippen LogP contribution < -0.4 is 0 Å². The molecule has 2 aliphatic heterocycles. The number of hydrogen-bond acceptors (Lipinski definition) is 4. The highest BCUT2D eigenvalue weighted by atomic mass is 79.9. The molecule has 6 heteroatoms. The van der Waals surface area contributed by atoms with Gasteiger partial charge in [0.1, 0.15) is 5.82 Å². The van der Waals surface area contributed by atoms with E-state index in [-0.39, 0.29) is 11.4 Å². The van der Waals surface area contributed by atoms with Crippen molar-refractivity contribution in [2.24, 2.45) is 5.92 Å². The minimum absolute atomic E-state index is 0.0317. The molecule has 0 radical (unpaired) electrons. The van der Waals surface area contributed by atoms with Crippen molar-refractivity contribution < 1.29 is 9.53 Å². The van der Waals surface area contributed by atoms with Crippen molar-refractivity contribution in [2.45, 2.75) is 31.2 Å². The van der Waals surface area contributed by atoms with Crippen LogP contribution in [0.5, 0.6) is 0 Å². The summed E-state index contributed by atoms with van der Waals surface area (Å²) in [6, 6.07) is 6.52. The van der Waals surface area contributed by atoms with Crippen molar-refractivity contribution in [1.82, 2.24) is 14.9 Å². The summed E-state index contributed by atoms with van der Waals surface area (Å²) in [7, 11) is 0. The first-order valence-electron chi connectivity index (χ1n) is 9.11. The van der Waals surface area contributed by atoms with Gasteiger partial charge < -0.3 is 9.64 Å². The molecule has 5 rings (SSSR count). The van der Waals surface area contributed by atoms with E-state index in [1.54, 1.807) is 12.4 Å². The highest BCUT2D eigenvalue weighted by Gasteiger charge is 2.53. The molecule has 3 heterocycles. The molecule has 0 bridgehead atoms. The van der Waals surface area contributed by atoms with E-state index in [1.165, 1.54) is 11.1 Å². The molecule has 134 valence electrons. The minimum atomic E-state index is -0.0420. The average molecular weight is 414 g/mol. The van der Waals surface area contributed by atoms with Gasteiger partial charge >= 0.3 is 0 Å². The SMILES string of the molecule is O=C(c1cnc(C[C@@H]2Cc3ccc(Br)cc3C2)nc1)N1CCC12COC2. The fraction of sp³-hybridized carbons (Fsp3) is 0.450. The van der Waals surface area contributed by atoms with Crippen LogP contribution in [-0.2, 0) is 24.0 Å². The van der Waals surface area contributed by atoms with Gasteiger partial charge in [0.05, 0.1) is 24.3 Å². The number of rotatable bonds is 3. The lowest BCUT2D eigenvalue weighted by atomic mass is 9.82. The monoisotopic (exact) mass is 413 g/mol. The molecule has 1 aliphatic carbocycles. The number of carbonyl (C=O) groups excluding carboxylic acids is 1. The number of fused-ring (bicyclic) bond motifs is 1. The summed E-state index contributed by atoms with van der Waals surface area (Å²) in [5.41, 5.74) is 3.38. The number of carbonyl (C=O) groups is 1. The Morgan fingerprint density at radius 2 is 2.00 bits per heavy atom. The first-order valence-corrected chi connectivity index (χ1v) is 9.90. The Labute approximate surface area is 160 Å². The molecule has 1 aromatic heterocycles. The van der Waals surface area contributed by atoms with Gasteiger partial charge in [0, 0.05) is 29.8 Å². The summed E-state index contributed by atoms with van der Waals surface area (Å²) in [6.45, 7) is 2.13. The van der Waals surface area contributed by atoms with Crippen molar-refractivity contribution in [1.29, 1.82) is 0 Å². The molecule has 1 amide bonds. The number of hydrogen-bond donors (Lipinski definition) is 0.